The molecule has 0 bridgehead atoms. The molecule has 0 fully saturated rings. The molecule has 23 heavy (non-hydrogen) atoms. The van der Waals surface area contributed by atoms with Crippen molar-refractivity contribution in [1.82, 2.24) is 4.90 Å². The maximum Gasteiger partial charge on any atom is 0.188 e. The molecule has 3 heteroatoms. The van der Waals surface area contributed by atoms with Crippen LogP contribution >= 0.6 is 0 Å². The van der Waals surface area contributed by atoms with Crippen LogP contribution in [0.3, 0.4) is 0 Å². The first-order chi connectivity index (χ1) is 11.2. The number of unbranched alkanes of at least 4 members (excludes halogenated alkanes) is 11. The summed E-state index contributed by atoms with van der Waals surface area (Å²) >= 11 is 0. The highest BCUT2D eigenvalue weighted by atomic mass is 16.7. The Labute approximate surface area is 145 Å². The highest BCUT2D eigenvalue weighted by molar-refractivity contribution is 4.84. The molecule has 138 valence electrons. The van der Waals surface area contributed by atoms with Crippen molar-refractivity contribution < 1.29 is 9.47 Å². The third-order valence-electron chi connectivity index (χ3n) is 3.98. The average Bonchev–Trinajstić information content (AvgIpc) is 2.50. The number of likely N-dealkylation sites (N-methyl/N-ethyl adjacent to an activating group) is 1. The zero-order chi connectivity index (χ0) is 17.2. The lowest BCUT2D eigenvalue weighted by Gasteiger charge is -2.13. The van der Waals surface area contributed by atoms with Crippen LogP contribution in [0.5, 0.6) is 0 Å². The van der Waals surface area contributed by atoms with E-state index < -0.39 is 0 Å². The largest absolute Gasteiger partial charge is 0.471 e. The van der Waals surface area contributed by atoms with Crippen molar-refractivity contribution in [1.29, 1.82) is 0 Å². The molecule has 0 aliphatic heterocycles. The Morgan fingerprint density at radius 2 is 1.26 bits per heavy atom. The van der Waals surface area contributed by atoms with E-state index in [2.05, 4.69) is 13.5 Å². The summed E-state index contributed by atoms with van der Waals surface area (Å²) in [6.45, 7) is 8.02. The molecule has 0 atom stereocenters. The number of ether oxygens (including phenoxy) is 2. The second kappa shape index (κ2) is 17.8. The Balaban J connectivity index is 3.06. The predicted octanol–water partition coefficient (Wildman–Crippen LogP) is 5.75. The molecule has 0 saturated carbocycles. The molecule has 0 aromatic heterocycles. The van der Waals surface area contributed by atoms with Gasteiger partial charge in [-0.2, -0.15) is 0 Å². The summed E-state index contributed by atoms with van der Waals surface area (Å²) in [7, 11) is 4.00. The van der Waals surface area contributed by atoms with E-state index in [-0.39, 0.29) is 0 Å². The molecule has 0 amide bonds. The van der Waals surface area contributed by atoms with Gasteiger partial charge in [0.1, 0.15) is 5.76 Å². The van der Waals surface area contributed by atoms with Crippen molar-refractivity contribution >= 4 is 0 Å². The Kier molecular flexibility index (Phi) is 17.4. The molecule has 0 radical (unpaired) electrons. The zero-order valence-corrected chi connectivity index (χ0v) is 16.1. The molecule has 0 saturated heterocycles. The first-order valence-electron chi connectivity index (χ1n) is 9.70. The van der Waals surface area contributed by atoms with Gasteiger partial charge >= 0.3 is 0 Å². The van der Waals surface area contributed by atoms with Gasteiger partial charge in [-0.1, -0.05) is 84.1 Å². The van der Waals surface area contributed by atoms with E-state index in [0.29, 0.717) is 6.79 Å². The van der Waals surface area contributed by atoms with Crippen LogP contribution in [0.1, 0.15) is 84.0 Å². The molecular weight excluding hydrogens is 286 g/mol. The van der Waals surface area contributed by atoms with Crippen LogP contribution < -0.4 is 0 Å². The van der Waals surface area contributed by atoms with E-state index in [9.17, 15) is 0 Å². The van der Waals surface area contributed by atoms with Crippen molar-refractivity contribution in [3.8, 4) is 0 Å². The van der Waals surface area contributed by atoms with Crippen molar-refractivity contribution in [2.45, 2.75) is 84.0 Å². The molecule has 0 aromatic rings. The van der Waals surface area contributed by atoms with E-state index in [1.807, 2.05) is 19.0 Å². The van der Waals surface area contributed by atoms with Gasteiger partial charge in [-0.25, -0.2) is 0 Å². The van der Waals surface area contributed by atoms with Crippen LogP contribution in [0.2, 0.25) is 0 Å². The van der Waals surface area contributed by atoms with E-state index in [0.717, 1.165) is 25.3 Å². The SMILES string of the molecule is C=C(CN(C)C)OCOCCCCCCCCCCCCCC. The van der Waals surface area contributed by atoms with Crippen LogP contribution in [-0.2, 0) is 9.47 Å². The zero-order valence-electron chi connectivity index (χ0n) is 16.1. The second-order valence-electron chi connectivity index (χ2n) is 6.84. The highest BCUT2D eigenvalue weighted by Gasteiger charge is 1.97. The van der Waals surface area contributed by atoms with E-state index in [1.165, 1.54) is 70.6 Å². The van der Waals surface area contributed by atoms with E-state index in [1.54, 1.807) is 0 Å². The molecule has 0 N–H and O–H groups in total. The van der Waals surface area contributed by atoms with Gasteiger partial charge in [-0.3, -0.25) is 0 Å². The van der Waals surface area contributed by atoms with Crippen molar-refractivity contribution in [3.05, 3.63) is 12.3 Å². The summed E-state index contributed by atoms with van der Waals surface area (Å²) in [6.07, 6.45) is 16.5. The third kappa shape index (κ3) is 19.4. The Morgan fingerprint density at radius 1 is 0.783 bits per heavy atom. The fourth-order valence-electron chi connectivity index (χ4n) is 2.63. The highest BCUT2D eigenvalue weighted by Crippen LogP contribution is 2.11. The molecular formula is C20H41NO2. The lowest BCUT2D eigenvalue weighted by molar-refractivity contribution is -0.0277. The standard InChI is InChI=1S/C20H41NO2/c1-5-6-7-8-9-10-11-12-13-14-15-16-17-22-19-23-20(2)18-21(3)4/h2,5-19H2,1,3-4H3. The first kappa shape index (κ1) is 22.5. The number of hydrogen-bond acceptors (Lipinski definition) is 3. The van der Waals surface area contributed by atoms with Gasteiger partial charge in [0, 0.05) is 0 Å². The van der Waals surface area contributed by atoms with E-state index in [4.69, 9.17) is 9.47 Å². The fraction of sp³-hybridized carbons (Fsp3) is 0.900. The van der Waals surface area contributed by atoms with Crippen LogP contribution in [-0.4, -0.2) is 38.9 Å². The van der Waals surface area contributed by atoms with Crippen LogP contribution in [0, 0.1) is 0 Å². The molecule has 0 aliphatic rings. The van der Waals surface area contributed by atoms with Crippen LogP contribution in [0.15, 0.2) is 12.3 Å². The van der Waals surface area contributed by atoms with Gasteiger partial charge in [0.2, 0.25) is 0 Å². The summed E-state index contributed by atoms with van der Waals surface area (Å²) in [4.78, 5) is 2.04. The van der Waals surface area contributed by atoms with E-state index >= 15 is 0 Å². The summed E-state index contributed by atoms with van der Waals surface area (Å²) in [5.41, 5.74) is 0. The number of nitrogens with zero attached hydrogens (tertiary/aromatic N) is 1. The molecule has 0 unspecified atom stereocenters. The van der Waals surface area contributed by atoms with Gasteiger partial charge in [-0.15, -0.1) is 0 Å². The summed E-state index contributed by atoms with van der Waals surface area (Å²) in [5, 5.41) is 0. The molecule has 0 aliphatic carbocycles. The number of rotatable bonds is 18. The second-order valence-corrected chi connectivity index (χ2v) is 6.84. The minimum atomic E-state index is 0.338. The van der Waals surface area contributed by atoms with Crippen LogP contribution in [0.4, 0.5) is 0 Å². The Hall–Kier alpha value is -0.540. The average molecular weight is 328 g/mol. The van der Waals surface area contributed by atoms with Gasteiger partial charge in [0.05, 0.1) is 13.2 Å². The lowest BCUT2D eigenvalue weighted by atomic mass is 10.1. The quantitative estimate of drug-likeness (QED) is 0.182. The topological polar surface area (TPSA) is 21.7 Å². The summed E-state index contributed by atoms with van der Waals surface area (Å²) in [6, 6.07) is 0. The maximum atomic E-state index is 5.48. The molecule has 0 spiro atoms. The molecule has 0 heterocycles. The monoisotopic (exact) mass is 327 g/mol. The Bertz CT molecular complexity index is 254. The predicted molar refractivity (Wildman–Crippen MR) is 101 cm³/mol. The lowest BCUT2D eigenvalue weighted by Crippen LogP contribution is -2.16. The summed E-state index contributed by atoms with van der Waals surface area (Å²) < 4.78 is 10.9. The van der Waals surface area contributed by atoms with Gasteiger partial charge < -0.3 is 14.4 Å². The minimum Gasteiger partial charge on any atom is -0.471 e. The first-order valence-corrected chi connectivity index (χ1v) is 9.70. The minimum absolute atomic E-state index is 0.338. The third-order valence-corrected chi connectivity index (χ3v) is 3.98. The molecule has 0 rings (SSSR count). The maximum absolute atomic E-state index is 5.48. The van der Waals surface area contributed by atoms with Gasteiger partial charge in [0.25, 0.3) is 0 Å². The normalized spacial score (nSPS) is 11.1. The molecule has 0 aromatic carbocycles. The van der Waals surface area contributed by atoms with Crippen LogP contribution in [0.25, 0.3) is 0 Å². The molecule has 3 nitrogen and oxygen atoms in total. The van der Waals surface area contributed by atoms with Gasteiger partial charge in [-0.05, 0) is 20.5 Å². The van der Waals surface area contributed by atoms with Crippen molar-refractivity contribution in [2.24, 2.45) is 0 Å². The van der Waals surface area contributed by atoms with Gasteiger partial charge in [0.15, 0.2) is 6.79 Å². The van der Waals surface area contributed by atoms with Crippen molar-refractivity contribution in [3.63, 3.8) is 0 Å². The summed E-state index contributed by atoms with van der Waals surface area (Å²) in [5.74, 6) is 0.768. The van der Waals surface area contributed by atoms with Crippen molar-refractivity contribution in [2.75, 3.05) is 34.0 Å². The fourth-order valence-corrected chi connectivity index (χ4v) is 2.63. The Morgan fingerprint density at radius 3 is 1.74 bits per heavy atom. The smallest absolute Gasteiger partial charge is 0.188 e. The number of hydrogen-bond donors (Lipinski definition) is 0.